The quantitative estimate of drug-likeness (QED) is 0.789. The van der Waals surface area contributed by atoms with Gasteiger partial charge >= 0.3 is 5.97 Å². The van der Waals surface area contributed by atoms with E-state index in [0.717, 1.165) is 17.7 Å². The van der Waals surface area contributed by atoms with Crippen LogP contribution in [0.2, 0.25) is 5.02 Å². The van der Waals surface area contributed by atoms with Crippen LogP contribution in [0.5, 0.6) is 11.5 Å². The molecule has 1 amide bonds. The van der Waals surface area contributed by atoms with E-state index in [4.69, 9.17) is 25.8 Å². The number of esters is 1. The number of hydrogen-bond acceptors (Lipinski definition) is 5. The first kappa shape index (κ1) is 19.0. The SMILES string of the molecule is C[C@H](NC(=O)COC(=O)c1cc(Cl)ccc1F)c1ccc2c(c1)OCCO2. The van der Waals surface area contributed by atoms with E-state index in [9.17, 15) is 14.0 Å². The molecular formula is C19H17ClFNO5. The molecule has 1 aliphatic heterocycles. The smallest absolute Gasteiger partial charge is 0.341 e. The van der Waals surface area contributed by atoms with E-state index in [-0.39, 0.29) is 16.6 Å². The van der Waals surface area contributed by atoms with Crippen molar-refractivity contribution in [3.8, 4) is 11.5 Å². The number of halogens is 2. The molecule has 2 aromatic rings. The Kier molecular flexibility index (Phi) is 5.81. The second kappa shape index (κ2) is 8.26. The molecule has 0 fully saturated rings. The van der Waals surface area contributed by atoms with Crippen LogP contribution in [0.15, 0.2) is 36.4 Å². The summed E-state index contributed by atoms with van der Waals surface area (Å²) in [6, 6.07) is 8.54. The van der Waals surface area contributed by atoms with Crippen molar-refractivity contribution in [1.82, 2.24) is 5.32 Å². The molecule has 1 atom stereocenters. The molecule has 0 bridgehead atoms. The summed E-state index contributed by atoms with van der Waals surface area (Å²) >= 11 is 5.74. The van der Waals surface area contributed by atoms with Crippen molar-refractivity contribution < 1.29 is 28.2 Å². The highest BCUT2D eigenvalue weighted by atomic mass is 35.5. The van der Waals surface area contributed by atoms with Gasteiger partial charge in [-0.2, -0.15) is 0 Å². The molecule has 0 spiro atoms. The van der Waals surface area contributed by atoms with Crippen molar-refractivity contribution in [3.63, 3.8) is 0 Å². The van der Waals surface area contributed by atoms with Crippen LogP contribution in [0.1, 0.15) is 28.9 Å². The number of hydrogen-bond donors (Lipinski definition) is 1. The van der Waals surface area contributed by atoms with E-state index in [2.05, 4.69) is 5.32 Å². The van der Waals surface area contributed by atoms with Gasteiger partial charge in [-0.05, 0) is 42.8 Å². The summed E-state index contributed by atoms with van der Waals surface area (Å²) in [5.41, 5.74) is 0.481. The molecule has 8 heteroatoms. The number of benzene rings is 2. The summed E-state index contributed by atoms with van der Waals surface area (Å²) in [6.07, 6.45) is 0. The Morgan fingerprint density at radius 2 is 1.93 bits per heavy atom. The largest absolute Gasteiger partial charge is 0.486 e. The summed E-state index contributed by atoms with van der Waals surface area (Å²) in [6.45, 7) is 2.20. The van der Waals surface area contributed by atoms with Crippen LogP contribution in [0.4, 0.5) is 4.39 Å². The molecule has 1 aliphatic rings. The van der Waals surface area contributed by atoms with Crippen LogP contribution in [0, 0.1) is 5.82 Å². The third-order valence-electron chi connectivity index (χ3n) is 3.93. The lowest BCUT2D eigenvalue weighted by Gasteiger charge is -2.21. The minimum absolute atomic E-state index is 0.194. The van der Waals surface area contributed by atoms with Crippen LogP contribution in [0.25, 0.3) is 0 Å². The van der Waals surface area contributed by atoms with E-state index < -0.39 is 24.3 Å². The highest BCUT2D eigenvalue weighted by Crippen LogP contribution is 2.32. The van der Waals surface area contributed by atoms with Crippen LogP contribution in [-0.4, -0.2) is 31.7 Å². The van der Waals surface area contributed by atoms with Gasteiger partial charge in [0.25, 0.3) is 5.91 Å². The number of nitrogens with one attached hydrogen (secondary N) is 1. The molecule has 27 heavy (non-hydrogen) atoms. The number of amides is 1. The monoisotopic (exact) mass is 393 g/mol. The Morgan fingerprint density at radius 1 is 1.19 bits per heavy atom. The Balaban J connectivity index is 1.56. The normalized spacial score (nSPS) is 13.6. The van der Waals surface area contributed by atoms with Crippen LogP contribution >= 0.6 is 11.6 Å². The fourth-order valence-electron chi connectivity index (χ4n) is 2.56. The van der Waals surface area contributed by atoms with Crippen molar-refractivity contribution in [2.75, 3.05) is 19.8 Å². The third kappa shape index (κ3) is 4.68. The maximum absolute atomic E-state index is 13.6. The molecule has 0 unspecified atom stereocenters. The number of fused-ring (bicyclic) bond motifs is 1. The Labute approximate surface area is 160 Å². The molecule has 1 N–H and O–H groups in total. The maximum Gasteiger partial charge on any atom is 0.341 e. The van der Waals surface area contributed by atoms with Crippen molar-refractivity contribution in [2.24, 2.45) is 0 Å². The first-order chi connectivity index (χ1) is 12.9. The Morgan fingerprint density at radius 3 is 2.70 bits per heavy atom. The topological polar surface area (TPSA) is 73.9 Å². The average molecular weight is 394 g/mol. The standard InChI is InChI=1S/C19H17ClFNO5/c1-11(12-2-5-16-17(8-12)26-7-6-25-16)22-18(23)10-27-19(24)14-9-13(20)3-4-15(14)21/h2-5,8-9,11H,6-7,10H2,1H3,(H,22,23)/t11-/m0/s1. The van der Waals surface area contributed by atoms with Gasteiger partial charge in [-0.1, -0.05) is 17.7 Å². The van der Waals surface area contributed by atoms with E-state index in [0.29, 0.717) is 24.7 Å². The van der Waals surface area contributed by atoms with Crippen LogP contribution in [-0.2, 0) is 9.53 Å². The zero-order valence-electron chi connectivity index (χ0n) is 14.5. The van der Waals surface area contributed by atoms with Gasteiger partial charge in [-0.3, -0.25) is 4.79 Å². The molecule has 0 aliphatic carbocycles. The predicted octanol–water partition coefficient (Wildman–Crippen LogP) is 3.28. The summed E-state index contributed by atoms with van der Waals surface area (Å²) in [5.74, 6) is -0.983. The Bertz CT molecular complexity index is 873. The van der Waals surface area contributed by atoms with Crippen molar-refractivity contribution in [1.29, 1.82) is 0 Å². The first-order valence-corrected chi connectivity index (χ1v) is 8.63. The summed E-state index contributed by atoms with van der Waals surface area (Å²) in [4.78, 5) is 23.9. The summed E-state index contributed by atoms with van der Waals surface area (Å²) in [5, 5.41) is 2.90. The highest BCUT2D eigenvalue weighted by molar-refractivity contribution is 6.30. The van der Waals surface area contributed by atoms with Crippen LogP contribution < -0.4 is 14.8 Å². The maximum atomic E-state index is 13.6. The molecule has 3 rings (SSSR count). The number of ether oxygens (including phenoxy) is 3. The minimum atomic E-state index is -0.961. The van der Waals surface area contributed by atoms with Crippen molar-refractivity contribution >= 4 is 23.5 Å². The minimum Gasteiger partial charge on any atom is -0.486 e. The van der Waals surface area contributed by atoms with Gasteiger partial charge in [-0.25, -0.2) is 9.18 Å². The molecule has 2 aromatic carbocycles. The Hall–Kier alpha value is -2.80. The predicted molar refractivity (Wildman–Crippen MR) is 95.7 cm³/mol. The molecule has 0 aromatic heterocycles. The van der Waals surface area contributed by atoms with E-state index in [1.54, 1.807) is 19.1 Å². The lowest BCUT2D eigenvalue weighted by molar-refractivity contribution is -0.124. The summed E-state index contributed by atoms with van der Waals surface area (Å²) < 4.78 is 29.5. The van der Waals surface area contributed by atoms with Gasteiger partial charge in [-0.15, -0.1) is 0 Å². The van der Waals surface area contributed by atoms with Gasteiger partial charge in [0, 0.05) is 5.02 Å². The fraction of sp³-hybridized carbons (Fsp3) is 0.263. The summed E-state index contributed by atoms with van der Waals surface area (Å²) in [7, 11) is 0. The van der Waals surface area contributed by atoms with Crippen LogP contribution in [0.3, 0.4) is 0 Å². The van der Waals surface area contributed by atoms with Gasteiger partial charge in [0.2, 0.25) is 0 Å². The first-order valence-electron chi connectivity index (χ1n) is 8.25. The number of rotatable bonds is 5. The lowest BCUT2D eigenvalue weighted by Crippen LogP contribution is -2.31. The molecule has 142 valence electrons. The number of carbonyl (C=O) groups is 2. The zero-order chi connectivity index (χ0) is 19.4. The average Bonchev–Trinajstić information content (AvgIpc) is 2.67. The fourth-order valence-corrected chi connectivity index (χ4v) is 2.73. The molecule has 0 radical (unpaired) electrons. The van der Waals surface area contributed by atoms with E-state index >= 15 is 0 Å². The van der Waals surface area contributed by atoms with Crippen molar-refractivity contribution in [2.45, 2.75) is 13.0 Å². The van der Waals surface area contributed by atoms with E-state index in [1.165, 1.54) is 6.07 Å². The zero-order valence-corrected chi connectivity index (χ0v) is 15.2. The molecule has 0 saturated heterocycles. The lowest BCUT2D eigenvalue weighted by atomic mass is 10.1. The van der Waals surface area contributed by atoms with Gasteiger partial charge in [0.15, 0.2) is 18.1 Å². The second-order valence-corrected chi connectivity index (χ2v) is 6.33. The molecule has 1 heterocycles. The van der Waals surface area contributed by atoms with Gasteiger partial charge in [0.05, 0.1) is 11.6 Å². The molecule has 6 nitrogen and oxygen atoms in total. The second-order valence-electron chi connectivity index (χ2n) is 5.89. The highest BCUT2D eigenvalue weighted by Gasteiger charge is 2.18. The molecule has 0 saturated carbocycles. The third-order valence-corrected chi connectivity index (χ3v) is 4.16. The van der Waals surface area contributed by atoms with Gasteiger partial charge < -0.3 is 19.5 Å². The van der Waals surface area contributed by atoms with E-state index in [1.807, 2.05) is 6.07 Å². The van der Waals surface area contributed by atoms with Crippen molar-refractivity contribution in [3.05, 3.63) is 58.4 Å². The molecular weight excluding hydrogens is 377 g/mol. The number of carbonyl (C=O) groups excluding carboxylic acids is 2. The van der Waals surface area contributed by atoms with Gasteiger partial charge in [0.1, 0.15) is 19.0 Å².